The summed E-state index contributed by atoms with van der Waals surface area (Å²) in [6, 6.07) is 0.943. The minimum atomic E-state index is 0.0999. The highest BCUT2D eigenvalue weighted by Gasteiger charge is 2.28. The van der Waals surface area contributed by atoms with Crippen LogP contribution in [0.5, 0.6) is 12.0 Å². The number of rotatable bonds is 5. The van der Waals surface area contributed by atoms with Crippen molar-refractivity contribution < 1.29 is 9.47 Å². The summed E-state index contributed by atoms with van der Waals surface area (Å²) in [6.45, 7) is 8.34. The van der Waals surface area contributed by atoms with Gasteiger partial charge in [0.05, 0.1) is 14.2 Å². The van der Waals surface area contributed by atoms with Gasteiger partial charge in [-0.3, -0.25) is 0 Å². The topological polar surface area (TPSA) is 72.4 Å². The van der Waals surface area contributed by atoms with Gasteiger partial charge < -0.3 is 19.7 Å². The molecular formula is C14H25N5O2. The summed E-state index contributed by atoms with van der Waals surface area (Å²) in [6.07, 6.45) is 2.26. The molecule has 0 amide bonds. The first-order chi connectivity index (χ1) is 9.93. The Morgan fingerprint density at radius 2 is 1.76 bits per heavy atom. The standard InChI is InChI=1S/C14H25N5O2/c1-14(2,3)15-9-10-7-6-8-19(10)11-16-12(20-4)18-13(17-11)21-5/h10,15H,6-9H2,1-5H3. The number of methoxy groups -OCH3 is 2. The van der Waals surface area contributed by atoms with Gasteiger partial charge in [-0.25, -0.2) is 0 Å². The van der Waals surface area contributed by atoms with Gasteiger partial charge in [0, 0.05) is 24.7 Å². The fraction of sp³-hybridized carbons (Fsp3) is 0.786. The first kappa shape index (κ1) is 15.8. The van der Waals surface area contributed by atoms with Crippen molar-refractivity contribution in [2.24, 2.45) is 0 Å². The first-order valence-corrected chi connectivity index (χ1v) is 7.28. The van der Waals surface area contributed by atoms with Crippen LogP contribution in [0, 0.1) is 0 Å². The molecule has 1 aliphatic heterocycles. The molecule has 0 saturated carbocycles. The van der Waals surface area contributed by atoms with Gasteiger partial charge in [0.15, 0.2) is 0 Å². The van der Waals surface area contributed by atoms with Crippen molar-refractivity contribution in [2.45, 2.75) is 45.2 Å². The van der Waals surface area contributed by atoms with E-state index in [4.69, 9.17) is 9.47 Å². The van der Waals surface area contributed by atoms with Gasteiger partial charge in [-0.05, 0) is 33.6 Å². The first-order valence-electron chi connectivity index (χ1n) is 7.28. The smallest absolute Gasteiger partial charge is 0.324 e. The summed E-state index contributed by atoms with van der Waals surface area (Å²) in [4.78, 5) is 14.9. The fourth-order valence-electron chi connectivity index (χ4n) is 2.37. The van der Waals surface area contributed by atoms with E-state index in [1.165, 1.54) is 0 Å². The van der Waals surface area contributed by atoms with Crippen molar-refractivity contribution in [3.05, 3.63) is 0 Å². The SMILES string of the molecule is COc1nc(OC)nc(N2CCCC2CNC(C)(C)C)n1. The van der Waals surface area contributed by atoms with E-state index in [0.29, 0.717) is 12.0 Å². The summed E-state index contributed by atoms with van der Waals surface area (Å²) in [7, 11) is 3.09. The minimum absolute atomic E-state index is 0.0999. The van der Waals surface area contributed by atoms with Crippen LogP contribution in [0.4, 0.5) is 5.95 Å². The van der Waals surface area contributed by atoms with Crippen LogP contribution >= 0.6 is 0 Å². The van der Waals surface area contributed by atoms with Crippen LogP contribution in [0.25, 0.3) is 0 Å². The van der Waals surface area contributed by atoms with E-state index in [0.717, 1.165) is 25.9 Å². The average molecular weight is 295 g/mol. The van der Waals surface area contributed by atoms with Crippen molar-refractivity contribution in [3.8, 4) is 12.0 Å². The molecule has 21 heavy (non-hydrogen) atoms. The normalized spacial score (nSPS) is 18.9. The molecule has 0 aliphatic carbocycles. The third kappa shape index (κ3) is 4.17. The Labute approximate surface area is 126 Å². The van der Waals surface area contributed by atoms with Gasteiger partial charge in [-0.15, -0.1) is 4.98 Å². The molecule has 7 nitrogen and oxygen atoms in total. The molecule has 1 aromatic rings. The second-order valence-corrected chi connectivity index (χ2v) is 6.23. The molecule has 1 aromatic heterocycles. The number of nitrogens with one attached hydrogen (secondary N) is 1. The van der Waals surface area contributed by atoms with Crippen LogP contribution in [0.1, 0.15) is 33.6 Å². The van der Waals surface area contributed by atoms with E-state index in [1.54, 1.807) is 14.2 Å². The molecule has 1 N–H and O–H groups in total. The second-order valence-electron chi connectivity index (χ2n) is 6.23. The van der Waals surface area contributed by atoms with Gasteiger partial charge in [-0.1, -0.05) is 0 Å². The Bertz CT molecular complexity index is 453. The molecular weight excluding hydrogens is 270 g/mol. The maximum atomic E-state index is 5.12. The summed E-state index contributed by atoms with van der Waals surface area (Å²) in [5.74, 6) is 0.622. The van der Waals surface area contributed by atoms with Gasteiger partial charge in [0.25, 0.3) is 0 Å². The highest BCUT2D eigenvalue weighted by atomic mass is 16.5. The fourth-order valence-corrected chi connectivity index (χ4v) is 2.37. The largest absolute Gasteiger partial charge is 0.467 e. The van der Waals surface area contributed by atoms with Crippen LogP contribution in [0.3, 0.4) is 0 Å². The molecule has 7 heteroatoms. The molecule has 1 unspecified atom stereocenters. The second kappa shape index (κ2) is 6.43. The van der Waals surface area contributed by atoms with Crippen molar-refractivity contribution in [1.29, 1.82) is 0 Å². The molecule has 2 heterocycles. The highest BCUT2D eigenvalue weighted by molar-refractivity contribution is 5.35. The molecule has 0 aromatic carbocycles. The van der Waals surface area contributed by atoms with E-state index < -0.39 is 0 Å². The van der Waals surface area contributed by atoms with E-state index >= 15 is 0 Å². The zero-order valence-electron chi connectivity index (χ0n) is 13.5. The van der Waals surface area contributed by atoms with Crippen LogP contribution in [0.2, 0.25) is 0 Å². The number of ether oxygens (including phenoxy) is 2. The van der Waals surface area contributed by atoms with Crippen molar-refractivity contribution in [1.82, 2.24) is 20.3 Å². The molecule has 1 aliphatic rings. The molecule has 0 bridgehead atoms. The van der Waals surface area contributed by atoms with Gasteiger partial charge in [0.2, 0.25) is 5.95 Å². The summed E-state index contributed by atoms with van der Waals surface area (Å²) in [5.41, 5.74) is 0.0999. The highest BCUT2D eigenvalue weighted by Crippen LogP contribution is 2.25. The third-order valence-corrected chi connectivity index (χ3v) is 3.45. The zero-order chi connectivity index (χ0) is 15.5. The van der Waals surface area contributed by atoms with E-state index in [2.05, 4.69) is 45.9 Å². The average Bonchev–Trinajstić information content (AvgIpc) is 2.92. The maximum absolute atomic E-state index is 5.12. The third-order valence-electron chi connectivity index (χ3n) is 3.45. The molecule has 0 spiro atoms. The Balaban J connectivity index is 2.15. The lowest BCUT2D eigenvalue weighted by molar-refractivity contribution is 0.339. The summed E-state index contributed by atoms with van der Waals surface area (Å²) in [5, 5.41) is 3.55. The molecule has 0 radical (unpaired) electrons. The Hall–Kier alpha value is -1.63. The van der Waals surface area contributed by atoms with Crippen LogP contribution in [0.15, 0.2) is 0 Å². The number of hydrogen-bond acceptors (Lipinski definition) is 7. The van der Waals surface area contributed by atoms with Crippen LogP contribution in [-0.2, 0) is 0 Å². The molecule has 1 fully saturated rings. The number of aromatic nitrogens is 3. The minimum Gasteiger partial charge on any atom is -0.467 e. The maximum Gasteiger partial charge on any atom is 0.324 e. The monoisotopic (exact) mass is 295 g/mol. The molecule has 1 saturated heterocycles. The van der Waals surface area contributed by atoms with Gasteiger partial charge in [-0.2, -0.15) is 9.97 Å². The molecule has 2 rings (SSSR count). The Morgan fingerprint density at radius 1 is 1.14 bits per heavy atom. The summed E-state index contributed by atoms with van der Waals surface area (Å²) < 4.78 is 10.2. The Kier molecular flexibility index (Phi) is 4.82. The lowest BCUT2D eigenvalue weighted by Crippen LogP contribution is -2.45. The predicted molar refractivity (Wildman–Crippen MR) is 81.1 cm³/mol. The Morgan fingerprint density at radius 3 is 2.29 bits per heavy atom. The van der Waals surface area contributed by atoms with Crippen molar-refractivity contribution >= 4 is 5.95 Å². The number of anilines is 1. The number of hydrogen-bond donors (Lipinski definition) is 1. The quantitative estimate of drug-likeness (QED) is 0.876. The van der Waals surface area contributed by atoms with E-state index in [-0.39, 0.29) is 17.6 Å². The molecule has 118 valence electrons. The van der Waals surface area contributed by atoms with Gasteiger partial charge in [0.1, 0.15) is 0 Å². The van der Waals surface area contributed by atoms with Crippen LogP contribution < -0.4 is 19.7 Å². The van der Waals surface area contributed by atoms with Gasteiger partial charge >= 0.3 is 12.0 Å². The van der Waals surface area contributed by atoms with Crippen molar-refractivity contribution in [3.63, 3.8) is 0 Å². The molecule has 1 atom stereocenters. The zero-order valence-corrected chi connectivity index (χ0v) is 13.5. The number of nitrogens with zero attached hydrogens (tertiary/aromatic N) is 4. The van der Waals surface area contributed by atoms with Crippen molar-refractivity contribution in [2.75, 3.05) is 32.2 Å². The van der Waals surface area contributed by atoms with Crippen LogP contribution in [-0.4, -0.2) is 53.8 Å². The lowest BCUT2D eigenvalue weighted by atomic mass is 10.1. The lowest BCUT2D eigenvalue weighted by Gasteiger charge is -2.29. The summed E-state index contributed by atoms with van der Waals surface area (Å²) >= 11 is 0. The van der Waals surface area contributed by atoms with E-state index in [1.807, 2.05) is 0 Å². The predicted octanol–water partition coefficient (Wildman–Crippen LogP) is 1.25. The van der Waals surface area contributed by atoms with E-state index in [9.17, 15) is 0 Å².